The third kappa shape index (κ3) is 5.88. The van der Waals surface area contributed by atoms with E-state index in [4.69, 9.17) is 21.0 Å². The van der Waals surface area contributed by atoms with Crippen LogP contribution in [-0.2, 0) is 6.54 Å². The van der Waals surface area contributed by atoms with Crippen molar-refractivity contribution >= 4 is 22.8 Å². The number of piperidine rings is 1. The summed E-state index contributed by atoms with van der Waals surface area (Å²) in [6, 6.07) is 20.7. The number of nitrogens with one attached hydrogen (secondary N) is 1. The smallest absolute Gasteiger partial charge is 0.234 e. The van der Waals surface area contributed by atoms with Crippen LogP contribution in [0, 0.1) is 11.3 Å². The van der Waals surface area contributed by atoms with Gasteiger partial charge in [0.1, 0.15) is 23.2 Å². The highest BCUT2D eigenvalue weighted by molar-refractivity contribution is 5.84. The highest BCUT2D eigenvalue weighted by Crippen LogP contribution is 2.32. The molecule has 0 bridgehead atoms. The zero-order valence-electron chi connectivity index (χ0n) is 25.7. The first-order chi connectivity index (χ1) is 22.4. The maximum atomic E-state index is 9.08. The third-order valence-corrected chi connectivity index (χ3v) is 8.31. The number of nitrogens with two attached hydrogens (primary N) is 1. The topological polar surface area (TPSA) is 152 Å². The second kappa shape index (κ2) is 12.4. The number of nitrogen functional groups attached to an aromatic ring is 1. The lowest BCUT2D eigenvalue weighted by atomic mass is 10.0. The molecule has 6 aromatic rings. The second-order valence-corrected chi connectivity index (χ2v) is 11.8. The number of fused-ring (bicyclic) bond motifs is 1. The minimum Gasteiger partial charge on any atom is -0.383 e. The number of anilines is 2. The molecule has 0 spiro atoms. The summed E-state index contributed by atoms with van der Waals surface area (Å²) >= 11 is 0. The lowest BCUT2D eigenvalue weighted by Crippen LogP contribution is -2.38. The number of benzene rings is 1. The molecule has 12 heteroatoms. The number of hydrogen-bond acceptors (Lipinski definition) is 10. The summed E-state index contributed by atoms with van der Waals surface area (Å²) in [6.07, 6.45) is 9.15. The summed E-state index contributed by atoms with van der Waals surface area (Å²) in [7, 11) is 0. The molecule has 1 aliphatic rings. The Labute approximate surface area is 266 Å². The molecule has 1 aromatic carbocycles. The highest BCUT2D eigenvalue weighted by atomic mass is 15.3. The quantitative estimate of drug-likeness (QED) is 0.234. The average molecular weight is 611 g/mol. The van der Waals surface area contributed by atoms with Gasteiger partial charge in [-0.15, -0.1) is 0 Å². The Balaban J connectivity index is 1.13. The van der Waals surface area contributed by atoms with Crippen molar-refractivity contribution in [1.82, 2.24) is 44.2 Å². The van der Waals surface area contributed by atoms with E-state index >= 15 is 0 Å². The summed E-state index contributed by atoms with van der Waals surface area (Å²) in [5.74, 6) is 1.99. The predicted octanol–water partition coefficient (Wildman–Crippen LogP) is 5.25. The van der Waals surface area contributed by atoms with Crippen LogP contribution in [0.1, 0.15) is 44.1 Å². The van der Waals surface area contributed by atoms with Gasteiger partial charge >= 0.3 is 0 Å². The fourth-order valence-corrected chi connectivity index (χ4v) is 5.85. The maximum absolute atomic E-state index is 9.08. The zero-order valence-corrected chi connectivity index (χ0v) is 25.7. The van der Waals surface area contributed by atoms with E-state index in [1.165, 1.54) is 5.56 Å². The van der Waals surface area contributed by atoms with Crippen LogP contribution in [0.4, 0.5) is 11.6 Å². The third-order valence-electron chi connectivity index (χ3n) is 8.31. The first-order valence-electron chi connectivity index (χ1n) is 15.4. The molecule has 6 heterocycles. The number of likely N-dealkylation sites (tertiary alicyclic amines) is 1. The summed E-state index contributed by atoms with van der Waals surface area (Å²) in [4.78, 5) is 25.1. The van der Waals surface area contributed by atoms with E-state index in [1.807, 2.05) is 53.5 Å². The van der Waals surface area contributed by atoms with Crippen molar-refractivity contribution in [2.45, 2.75) is 45.3 Å². The predicted molar refractivity (Wildman–Crippen MR) is 177 cm³/mol. The molecular weight excluding hydrogens is 576 g/mol. The molecule has 0 radical (unpaired) electrons. The van der Waals surface area contributed by atoms with Gasteiger partial charge in [0.15, 0.2) is 11.5 Å². The number of hydrogen-bond donors (Lipinski definition) is 2. The number of pyridine rings is 2. The van der Waals surface area contributed by atoms with Crippen molar-refractivity contribution in [3.63, 3.8) is 0 Å². The minimum absolute atomic E-state index is 0.181. The van der Waals surface area contributed by atoms with Crippen LogP contribution in [0.5, 0.6) is 0 Å². The average Bonchev–Trinajstić information content (AvgIpc) is 3.72. The molecule has 1 aliphatic heterocycles. The van der Waals surface area contributed by atoms with Gasteiger partial charge in [0.2, 0.25) is 5.82 Å². The molecule has 1 fully saturated rings. The maximum Gasteiger partial charge on any atom is 0.234 e. The van der Waals surface area contributed by atoms with Gasteiger partial charge in [-0.3, -0.25) is 14.1 Å². The Kier molecular flexibility index (Phi) is 7.82. The largest absolute Gasteiger partial charge is 0.383 e. The van der Waals surface area contributed by atoms with Crippen LogP contribution in [0.2, 0.25) is 0 Å². The van der Waals surface area contributed by atoms with E-state index < -0.39 is 0 Å². The van der Waals surface area contributed by atoms with Crippen molar-refractivity contribution < 1.29 is 0 Å². The molecule has 0 unspecified atom stereocenters. The molecule has 12 nitrogen and oxygen atoms in total. The Hall–Kier alpha value is -5.67. The first kappa shape index (κ1) is 29.1. The molecular formula is C34H34N12. The number of rotatable bonds is 8. The SMILES string of the molecule is CC(C)n1cc(-c2ccc3nc(-c4cccnc4N)n(-c4ccc(CN5CCC(Nc6ccnc(C#N)n6)CC5)cc4)c3n2)cn1. The van der Waals surface area contributed by atoms with E-state index in [9.17, 15) is 0 Å². The second-order valence-electron chi connectivity index (χ2n) is 11.8. The Bertz CT molecular complexity index is 2030. The summed E-state index contributed by atoms with van der Waals surface area (Å²) in [5.41, 5.74) is 12.5. The van der Waals surface area contributed by atoms with Crippen molar-refractivity contribution in [1.29, 1.82) is 5.26 Å². The van der Waals surface area contributed by atoms with E-state index in [-0.39, 0.29) is 11.9 Å². The number of nitrogens with zero attached hydrogens (tertiary/aromatic N) is 10. The van der Waals surface area contributed by atoms with E-state index in [0.29, 0.717) is 23.5 Å². The van der Waals surface area contributed by atoms with Gasteiger partial charge in [-0.1, -0.05) is 12.1 Å². The molecule has 0 atom stereocenters. The molecule has 3 N–H and O–H groups in total. The van der Waals surface area contributed by atoms with Gasteiger partial charge in [-0.2, -0.15) is 10.4 Å². The fourth-order valence-electron chi connectivity index (χ4n) is 5.85. The molecule has 5 aromatic heterocycles. The van der Waals surface area contributed by atoms with Crippen molar-refractivity contribution in [2.75, 3.05) is 24.1 Å². The van der Waals surface area contributed by atoms with Crippen LogP contribution in [-0.4, -0.2) is 63.3 Å². The summed E-state index contributed by atoms with van der Waals surface area (Å²) in [5, 5.41) is 17.0. The van der Waals surface area contributed by atoms with Gasteiger partial charge in [-0.25, -0.2) is 24.9 Å². The van der Waals surface area contributed by atoms with Gasteiger partial charge in [-0.05, 0) is 74.7 Å². The molecule has 0 amide bonds. The standard InChI is InChI=1S/C34H34N12/c1-22(2)45-21-24(19-39-45)28-9-10-29-34(41-28)46(33(42-29)27-4-3-14-38-32(27)36)26-7-5-23(6-8-26)20-44-16-12-25(13-17-44)40-30-11-15-37-31(18-35)43-30/h3-11,14-15,19,21-22,25H,12-13,16-17,20H2,1-2H3,(H2,36,38)(H,37,40,43). The number of aromatic nitrogens is 8. The molecule has 0 saturated carbocycles. The molecule has 7 rings (SSSR count). The first-order valence-corrected chi connectivity index (χ1v) is 15.4. The molecule has 0 aliphatic carbocycles. The van der Waals surface area contributed by atoms with Crippen LogP contribution in [0.3, 0.4) is 0 Å². The van der Waals surface area contributed by atoms with Crippen LogP contribution >= 0.6 is 0 Å². The molecule has 1 saturated heterocycles. The summed E-state index contributed by atoms with van der Waals surface area (Å²) in [6.45, 7) is 6.99. The van der Waals surface area contributed by atoms with Gasteiger partial charge in [0.25, 0.3) is 0 Å². The van der Waals surface area contributed by atoms with Crippen LogP contribution in [0.15, 0.2) is 79.4 Å². The normalized spacial score (nSPS) is 14.1. The van der Waals surface area contributed by atoms with Crippen molar-refractivity contribution in [3.05, 3.63) is 90.8 Å². The Morgan fingerprint density at radius 1 is 0.978 bits per heavy atom. The Morgan fingerprint density at radius 2 is 1.80 bits per heavy atom. The van der Waals surface area contributed by atoms with Gasteiger partial charge < -0.3 is 11.1 Å². The Morgan fingerprint density at radius 3 is 2.54 bits per heavy atom. The van der Waals surface area contributed by atoms with E-state index in [0.717, 1.165) is 66.1 Å². The molecule has 46 heavy (non-hydrogen) atoms. The van der Waals surface area contributed by atoms with Crippen molar-refractivity contribution in [2.24, 2.45) is 0 Å². The van der Waals surface area contributed by atoms with Crippen LogP contribution in [0.25, 0.3) is 39.5 Å². The van der Waals surface area contributed by atoms with E-state index in [1.54, 1.807) is 12.4 Å². The van der Waals surface area contributed by atoms with Gasteiger partial charge in [0.05, 0.1) is 17.5 Å². The van der Waals surface area contributed by atoms with Crippen LogP contribution < -0.4 is 11.1 Å². The lowest BCUT2D eigenvalue weighted by molar-refractivity contribution is 0.211. The lowest BCUT2D eigenvalue weighted by Gasteiger charge is -2.32. The number of nitriles is 1. The minimum atomic E-state index is 0.181. The zero-order chi connectivity index (χ0) is 31.6. The monoisotopic (exact) mass is 610 g/mol. The van der Waals surface area contributed by atoms with E-state index in [2.05, 4.69) is 72.9 Å². The molecule has 230 valence electrons. The van der Waals surface area contributed by atoms with Crippen molar-refractivity contribution in [3.8, 4) is 34.4 Å². The highest BCUT2D eigenvalue weighted by Gasteiger charge is 2.21. The van der Waals surface area contributed by atoms with Gasteiger partial charge in [0, 0.05) is 61.6 Å². The fraction of sp³-hybridized carbons (Fsp3) is 0.265. The number of imidazole rings is 1. The summed E-state index contributed by atoms with van der Waals surface area (Å²) < 4.78 is 3.99.